The first-order valence-electron chi connectivity index (χ1n) is 6.73. The van der Waals surface area contributed by atoms with E-state index >= 15 is 0 Å². The molecular weight excluding hydrogens is 248 g/mol. The van der Waals surface area contributed by atoms with Crippen LogP contribution in [0.2, 0.25) is 0 Å². The summed E-state index contributed by atoms with van der Waals surface area (Å²) in [5, 5.41) is 4.04. The van der Waals surface area contributed by atoms with E-state index in [9.17, 15) is 4.79 Å². The van der Waals surface area contributed by atoms with Gasteiger partial charge in [0.05, 0.1) is 5.69 Å². The SMILES string of the molecule is CC(=O)Nc1ccc2[nH]c3c(c2c1)Cc1ccccc1-3. The zero-order valence-corrected chi connectivity index (χ0v) is 11.2. The topological polar surface area (TPSA) is 44.9 Å². The van der Waals surface area contributed by atoms with Crippen LogP contribution in [0.1, 0.15) is 18.1 Å². The Morgan fingerprint density at radius 1 is 1.20 bits per heavy atom. The fraction of sp³-hybridized carbons (Fsp3) is 0.118. The number of rotatable bonds is 1. The minimum Gasteiger partial charge on any atom is -0.354 e. The van der Waals surface area contributed by atoms with Crippen molar-refractivity contribution < 1.29 is 4.79 Å². The van der Waals surface area contributed by atoms with Crippen LogP contribution in [0.5, 0.6) is 0 Å². The predicted octanol–water partition coefficient (Wildman–Crippen LogP) is 3.70. The fourth-order valence-corrected chi connectivity index (χ4v) is 3.05. The Bertz CT molecular complexity index is 845. The third-order valence-corrected chi connectivity index (χ3v) is 3.88. The van der Waals surface area contributed by atoms with Crippen molar-refractivity contribution in [2.45, 2.75) is 13.3 Å². The summed E-state index contributed by atoms with van der Waals surface area (Å²) in [6.45, 7) is 1.53. The van der Waals surface area contributed by atoms with Gasteiger partial charge in [0, 0.05) is 35.5 Å². The van der Waals surface area contributed by atoms with Crippen LogP contribution in [0.15, 0.2) is 42.5 Å². The molecule has 3 nitrogen and oxygen atoms in total. The lowest BCUT2D eigenvalue weighted by Gasteiger charge is -2.03. The smallest absolute Gasteiger partial charge is 0.221 e. The zero-order chi connectivity index (χ0) is 13.7. The number of amides is 1. The Kier molecular flexibility index (Phi) is 2.24. The molecule has 2 N–H and O–H groups in total. The average molecular weight is 262 g/mol. The van der Waals surface area contributed by atoms with Gasteiger partial charge < -0.3 is 10.3 Å². The predicted molar refractivity (Wildman–Crippen MR) is 80.8 cm³/mol. The lowest BCUT2D eigenvalue weighted by atomic mass is 10.1. The maximum atomic E-state index is 11.2. The molecule has 0 saturated carbocycles. The van der Waals surface area contributed by atoms with E-state index in [-0.39, 0.29) is 5.91 Å². The molecule has 2 aromatic carbocycles. The molecule has 0 saturated heterocycles. The van der Waals surface area contributed by atoms with Gasteiger partial charge in [-0.25, -0.2) is 0 Å². The molecule has 0 unspecified atom stereocenters. The Labute approximate surface area is 116 Å². The number of carbonyl (C=O) groups excluding carboxylic acids is 1. The third-order valence-electron chi connectivity index (χ3n) is 3.88. The highest BCUT2D eigenvalue weighted by Gasteiger charge is 2.22. The second-order valence-corrected chi connectivity index (χ2v) is 5.25. The number of nitrogens with one attached hydrogen (secondary N) is 2. The van der Waals surface area contributed by atoms with Gasteiger partial charge in [0.25, 0.3) is 0 Å². The highest BCUT2D eigenvalue weighted by atomic mass is 16.1. The summed E-state index contributed by atoms with van der Waals surface area (Å²) in [6.07, 6.45) is 0.953. The Hall–Kier alpha value is -2.55. The number of aromatic nitrogens is 1. The third kappa shape index (κ3) is 1.56. The normalized spacial score (nSPS) is 12.2. The number of carbonyl (C=O) groups is 1. The van der Waals surface area contributed by atoms with Gasteiger partial charge in [0.1, 0.15) is 0 Å². The first-order chi connectivity index (χ1) is 9.72. The van der Waals surface area contributed by atoms with Gasteiger partial charge in [-0.2, -0.15) is 0 Å². The lowest BCUT2D eigenvalue weighted by Crippen LogP contribution is -2.05. The summed E-state index contributed by atoms with van der Waals surface area (Å²) >= 11 is 0. The second-order valence-electron chi connectivity index (χ2n) is 5.25. The molecule has 98 valence electrons. The van der Waals surface area contributed by atoms with Gasteiger partial charge in [-0.1, -0.05) is 24.3 Å². The summed E-state index contributed by atoms with van der Waals surface area (Å²) in [4.78, 5) is 14.7. The quantitative estimate of drug-likeness (QED) is 0.540. The van der Waals surface area contributed by atoms with Crippen LogP contribution in [-0.4, -0.2) is 10.9 Å². The Morgan fingerprint density at radius 2 is 2.05 bits per heavy atom. The summed E-state index contributed by atoms with van der Waals surface area (Å²) in [7, 11) is 0. The number of benzene rings is 2. The highest BCUT2D eigenvalue weighted by molar-refractivity contribution is 5.98. The number of aromatic amines is 1. The second kappa shape index (κ2) is 3.97. The van der Waals surface area contributed by atoms with Crippen LogP contribution in [0.3, 0.4) is 0 Å². The van der Waals surface area contributed by atoms with Gasteiger partial charge in [-0.3, -0.25) is 4.79 Å². The van der Waals surface area contributed by atoms with E-state index in [0.29, 0.717) is 0 Å². The largest absolute Gasteiger partial charge is 0.354 e. The van der Waals surface area contributed by atoms with Crippen molar-refractivity contribution in [3.63, 3.8) is 0 Å². The summed E-state index contributed by atoms with van der Waals surface area (Å²) in [5.41, 5.74) is 7.17. The molecular formula is C17H14N2O. The molecule has 1 aromatic heterocycles. The van der Waals surface area contributed by atoms with Crippen molar-refractivity contribution in [3.05, 3.63) is 53.6 Å². The number of fused-ring (bicyclic) bond motifs is 5. The van der Waals surface area contributed by atoms with Gasteiger partial charge >= 0.3 is 0 Å². The molecule has 0 bridgehead atoms. The van der Waals surface area contributed by atoms with Crippen molar-refractivity contribution in [3.8, 4) is 11.3 Å². The van der Waals surface area contributed by atoms with Crippen LogP contribution in [0.4, 0.5) is 5.69 Å². The number of hydrogen-bond donors (Lipinski definition) is 2. The molecule has 0 fully saturated rings. The van der Waals surface area contributed by atoms with Crippen molar-refractivity contribution in [1.82, 2.24) is 4.98 Å². The molecule has 1 aliphatic carbocycles. The minimum absolute atomic E-state index is 0.0418. The van der Waals surface area contributed by atoms with E-state index in [4.69, 9.17) is 0 Å². The van der Waals surface area contributed by atoms with E-state index in [1.165, 1.54) is 34.7 Å². The highest BCUT2D eigenvalue weighted by Crippen LogP contribution is 2.40. The first kappa shape index (κ1) is 11.3. The van der Waals surface area contributed by atoms with Crippen LogP contribution in [0.25, 0.3) is 22.2 Å². The zero-order valence-electron chi connectivity index (χ0n) is 11.2. The number of anilines is 1. The molecule has 0 atom stereocenters. The van der Waals surface area contributed by atoms with Crippen LogP contribution >= 0.6 is 0 Å². The van der Waals surface area contributed by atoms with Crippen LogP contribution < -0.4 is 5.32 Å². The summed E-state index contributed by atoms with van der Waals surface area (Å²) < 4.78 is 0. The first-order valence-corrected chi connectivity index (χ1v) is 6.73. The average Bonchev–Trinajstić information content (AvgIpc) is 2.94. The van der Waals surface area contributed by atoms with Gasteiger partial charge in [-0.05, 0) is 29.3 Å². The molecule has 3 heteroatoms. The van der Waals surface area contributed by atoms with E-state index in [1.54, 1.807) is 0 Å². The van der Waals surface area contributed by atoms with Crippen molar-refractivity contribution in [2.75, 3.05) is 5.32 Å². The Morgan fingerprint density at radius 3 is 2.90 bits per heavy atom. The molecule has 1 amide bonds. The van der Waals surface area contributed by atoms with E-state index < -0.39 is 0 Å². The molecule has 3 aromatic rings. The maximum absolute atomic E-state index is 11.2. The fourth-order valence-electron chi connectivity index (χ4n) is 3.05. The van der Waals surface area contributed by atoms with Crippen molar-refractivity contribution in [1.29, 1.82) is 0 Å². The monoisotopic (exact) mass is 262 g/mol. The van der Waals surface area contributed by atoms with Gasteiger partial charge in [0.15, 0.2) is 0 Å². The van der Waals surface area contributed by atoms with Crippen molar-refractivity contribution >= 4 is 22.5 Å². The number of hydrogen-bond acceptors (Lipinski definition) is 1. The maximum Gasteiger partial charge on any atom is 0.221 e. The molecule has 0 spiro atoms. The molecule has 0 radical (unpaired) electrons. The van der Waals surface area contributed by atoms with Gasteiger partial charge in [0.2, 0.25) is 5.91 Å². The summed E-state index contributed by atoms with van der Waals surface area (Å²) in [5.74, 6) is -0.0418. The molecule has 1 aliphatic rings. The van der Waals surface area contributed by atoms with E-state index in [2.05, 4.69) is 40.6 Å². The lowest BCUT2D eigenvalue weighted by molar-refractivity contribution is -0.114. The molecule has 0 aliphatic heterocycles. The number of H-pyrrole nitrogens is 1. The van der Waals surface area contributed by atoms with E-state index in [0.717, 1.165) is 17.6 Å². The summed E-state index contributed by atoms with van der Waals surface area (Å²) in [6, 6.07) is 14.5. The van der Waals surface area contributed by atoms with Gasteiger partial charge in [-0.15, -0.1) is 0 Å². The van der Waals surface area contributed by atoms with Crippen LogP contribution in [0, 0.1) is 0 Å². The molecule has 20 heavy (non-hydrogen) atoms. The minimum atomic E-state index is -0.0418. The van der Waals surface area contributed by atoms with E-state index in [1.807, 2.05) is 12.1 Å². The molecule has 4 rings (SSSR count). The molecule has 1 heterocycles. The van der Waals surface area contributed by atoms with Crippen LogP contribution in [-0.2, 0) is 11.2 Å². The Balaban J connectivity index is 1.90. The van der Waals surface area contributed by atoms with Crippen molar-refractivity contribution in [2.24, 2.45) is 0 Å². The standard InChI is InChI=1S/C17H14N2O/c1-10(20)18-12-6-7-16-14(9-12)15-8-11-4-2-3-5-13(11)17(15)19-16/h2-7,9,19H,8H2,1H3,(H,18,20).